The maximum atomic E-state index is 13.5. The van der Waals surface area contributed by atoms with Crippen molar-refractivity contribution in [2.45, 2.75) is 31.5 Å². The number of piperidine rings is 3. The second-order valence-electron chi connectivity index (χ2n) is 9.12. The van der Waals surface area contributed by atoms with Gasteiger partial charge in [0.2, 0.25) is 0 Å². The largest absolute Gasteiger partial charge is 0.454 e. The molecule has 2 aromatic carbocycles. The van der Waals surface area contributed by atoms with Crippen LogP contribution < -0.4 is 5.32 Å². The SMILES string of the molecule is O=C(O[C@H]1C[N+]2(Cc3ccccn3)CCC1CC2)[C@H](Nc1ccccc1)c1ccccc1. The first-order valence-corrected chi connectivity index (χ1v) is 11.5. The second-order valence-corrected chi connectivity index (χ2v) is 9.12. The van der Waals surface area contributed by atoms with E-state index in [1.807, 2.05) is 72.9 Å². The zero-order valence-electron chi connectivity index (χ0n) is 18.3. The van der Waals surface area contributed by atoms with Crippen molar-refractivity contribution in [3.05, 3.63) is 96.3 Å². The van der Waals surface area contributed by atoms with E-state index in [1.165, 1.54) is 0 Å². The monoisotopic (exact) mass is 428 g/mol. The highest BCUT2D eigenvalue weighted by molar-refractivity contribution is 5.81. The number of esters is 1. The summed E-state index contributed by atoms with van der Waals surface area (Å²) in [5.41, 5.74) is 2.94. The number of carbonyl (C=O) groups excluding carboxylic acids is 1. The molecule has 3 aliphatic heterocycles. The van der Waals surface area contributed by atoms with E-state index in [2.05, 4.69) is 22.4 Å². The predicted octanol–water partition coefficient (Wildman–Crippen LogP) is 4.59. The average molecular weight is 429 g/mol. The lowest BCUT2D eigenvalue weighted by Gasteiger charge is -2.52. The lowest BCUT2D eigenvalue weighted by Crippen LogP contribution is -2.64. The third kappa shape index (κ3) is 4.53. The van der Waals surface area contributed by atoms with Gasteiger partial charge in [-0.3, -0.25) is 4.98 Å². The molecule has 5 nitrogen and oxygen atoms in total. The first kappa shape index (κ1) is 20.7. The third-order valence-electron chi connectivity index (χ3n) is 6.99. The number of para-hydroxylation sites is 1. The van der Waals surface area contributed by atoms with Crippen molar-refractivity contribution in [2.24, 2.45) is 5.92 Å². The molecule has 3 aliphatic rings. The number of pyridine rings is 1. The maximum absolute atomic E-state index is 13.5. The molecule has 6 rings (SSSR count). The van der Waals surface area contributed by atoms with Crippen LogP contribution in [0.2, 0.25) is 0 Å². The van der Waals surface area contributed by atoms with Crippen LogP contribution in [-0.4, -0.2) is 41.2 Å². The molecular formula is C27H30N3O2+. The van der Waals surface area contributed by atoms with Crippen LogP contribution in [0.3, 0.4) is 0 Å². The van der Waals surface area contributed by atoms with Crippen LogP contribution >= 0.6 is 0 Å². The molecule has 2 atom stereocenters. The topological polar surface area (TPSA) is 51.2 Å². The fourth-order valence-corrected chi connectivity index (χ4v) is 5.25. The number of ether oxygens (including phenoxy) is 1. The number of quaternary nitrogens is 1. The number of fused-ring (bicyclic) bond motifs is 3. The second kappa shape index (κ2) is 9.13. The van der Waals surface area contributed by atoms with Gasteiger partial charge in [-0.15, -0.1) is 0 Å². The molecule has 3 fully saturated rings. The first-order valence-electron chi connectivity index (χ1n) is 11.5. The molecule has 2 bridgehead atoms. The first-order chi connectivity index (χ1) is 15.7. The summed E-state index contributed by atoms with van der Waals surface area (Å²) in [5.74, 6) is 0.255. The highest BCUT2D eigenvalue weighted by Gasteiger charge is 2.48. The maximum Gasteiger partial charge on any atom is 0.333 e. The van der Waals surface area contributed by atoms with Crippen molar-refractivity contribution >= 4 is 11.7 Å². The molecule has 0 amide bonds. The Morgan fingerprint density at radius 3 is 2.34 bits per heavy atom. The van der Waals surface area contributed by atoms with Crippen molar-refractivity contribution in [3.8, 4) is 0 Å². The minimum atomic E-state index is -0.529. The fraction of sp³-hybridized carbons (Fsp3) is 0.333. The lowest BCUT2D eigenvalue weighted by atomic mass is 9.83. The molecule has 0 saturated carbocycles. The summed E-state index contributed by atoms with van der Waals surface area (Å²) in [4.78, 5) is 18.0. The van der Waals surface area contributed by atoms with Crippen LogP contribution in [0.4, 0.5) is 5.69 Å². The van der Waals surface area contributed by atoms with Gasteiger partial charge in [0.15, 0.2) is 12.1 Å². The summed E-state index contributed by atoms with van der Waals surface area (Å²) in [6.07, 6.45) is 4.03. The fourth-order valence-electron chi connectivity index (χ4n) is 5.25. The van der Waals surface area contributed by atoms with E-state index < -0.39 is 6.04 Å². The minimum absolute atomic E-state index is 0.0440. The Kier molecular flexibility index (Phi) is 5.91. The highest BCUT2D eigenvalue weighted by atomic mass is 16.5. The van der Waals surface area contributed by atoms with E-state index >= 15 is 0 Å². The average Bonchev–Trinajstić information content (AvgIpc) is 2.85. The van der Waals surface area contributed by atoms with Crippen molar-refractivity contribution in [1.29, 1.82) is 0 Å². The molecule has 3 aromatic rings. The van der Waals surface area contributed by atoms with Gasteiger partial charge in [-0.25, -0.2) is 4.79 Å². The van der Waals surface area contributed by atoms with Crippen molar-refractivity contribution in [2.75, 3.05) is 25.0 Å². The van der Waals surface area contributed by atoms with Crippen LogP contribution in [0.25, 0.3) is 0 Å². The van der Waals surface area contributed by atoms with Crippen molar-refractivity contribution < 1.29 is 14.0 Å². The number of carbonyl (C=O) groups is 1. The summed E-state index contributed by atoms with van der Waals surface area (Å²) in [6.45, 7) is 4.06. The summed E-state index contributed by atoms with van der Waals surface area (Å²) in [7, 11) is 0. The molecule has 32 heavy (non-hydrogen) atoms. The number of benzene rings is 2. The zero-order chi connectivity index (χ0) is 21.8. The smallest absolute Gasteiger partial charge is 0.333 e. The van der Waals surface area contributed by atoms with E-state index in [9.17, 15) is 4.79 Å². The Balaban J connectivity index is 1.33. The van der Waals surface area contributed by atoms with Gasteiger partial charge in [-0.2, -0.15) is 0 Å². The summed E-state index contributed by atoms with van der Waals surface area (Å²) >= 11 is 0. The normalized spacial score (nSPS) is 25.1. The van der Waals surface area contributed by atoms with Gasteiger partial charge < -0.3 is 14.5 Å². The Morgan fingerprint density at radius 2 is 1.66 bits per heavy atom. The lowest BCUT2D eigenvalue weighted by molar-refractivity contribution is -0.958. The van der Waals surface area contributed by atoms with Gasteiger partial charge >= 0.3 is 5.97 Å². The van der Waals surface area contributed by atoms with E-state index in [4.69, 9.17) is 4.74 Å². The van der Waals surface area contributed by atoms with Gasteiger partial charge in [0.05, 0.1) is 18.8 Å². The number of hydrogen-bond acceptors (Lipinski definition) is 4. The summed E-state index contributed by atoms with van der Waals surface area (Å²) in [5, 5.41) is 3.39. The molecule has 1 aromatic heterocycles. The van der Waals surface area contributed by atoms with Crippen molar-refractivity contribution in [3.63, 3.8) is 0 Å². The number of anilines is 1. The molecule has 5 heteroatoms. The number of nitrogens with zero attached hydrogens (tertiary/aromatic N) is 2. The molecule has 0 spiro atoms. The van der Waals surface area contributed by atoms with Gasteiger partial charge in [0.25, 0.3) is 0 Å². The molecule has 0 aliphatic carbocycles. The number of rotatable bonds is 7. The summed E-state index contributed by atoms with van der Waals surface area (Å²) < 4.78 is 7.21. The summed E-state index contributed by atoms with van der Waals surface area (Å²) in [6, 6.07) is 25.3. The number of hydrogen-bond donors (Lipinski definition) is 1. The van der Waals surface area contributed by atoms with Crippen LogP contribution in [-0.2, 0) is 16.1 Å². The molecular weight excluding hydrogens is 398 g/mol. The third-order valence-corrected chi connectivity index (χ3v) is 6.99. The number of aromatic nitrogens is 1. The molecule has 0 unspecified atom stereocenters. The Bertz CT molecular complexity index is 1020. The molecule has 164 valence electrons. The standard InChI is InChI=1S/C27H30N3O2/c31-27(26(22-9-3-1-4-10-22)29-23-11-5-2-6-12-23)32-25-20-30(17-14-21(25)15-18-30)19-24-13-7-8-16-28-24/h1-13,16,21,25-26,29H,14-15,17-20H2/q+1/t21?,25-,26+,30?/m0/s1. The van der Waals surface area contributed by atoms with Gasteiger partial charge in [-0.05, 0) is 29.8 Å². The Morgan fingerprint density at radius 1 is 0.969 bits per heavy atom. The van der Waals surface area contributed by atoms with Gasteiger partial charge in [-0.1, -0.05) is 54.6 Å². The molecule has 0 radical (unpaired) electrons. The van der Waals surface area contributed by atoms with E-state index in [0.29, 0.717) is 5.92 Å². The van der Waals surface area contributed by atoms with Crippen LogP contribution in [0.15, 0.2) is 85.1 Å². The number of nitrogens with one attached hydrogen (secondary N) is 1. The molecule has 4 heterocycles. The van der Waals surface area contributed by atoms with Crippen LogP contribution in [0.1, 0.15) is 30.1 Å². The van der Waals surface area contributed by atoms with Crippen molar-refractivity contribution in [1.82, 2.24) is 4.98 Å². The minimum Gasteiger partial charge on any atom is -0.454 e. The quantitative estimate of drug-likeness (QED) is 0.442. The Hall–Kier alpha value is -3.18. The van der Waals surface area contributed by atoms with E-state index in [-0.39, 0.29) is 12.1 Å². The predicted molar refractivity (Wildman–Crippen MR) is 125 cm³/mol. The molecule has 1 N–H and O–H groups in total. The zero-order valence-corrected chi connectivity index (χ0v) is 18.3. The highest BCUT2D eigenvalue weighted by Crippen LogP contribution is 2.37. The van der Waals surface area contributed by atoms with Gasteiger partial charge in [0, 0.05) is 30.6 Å². The van der Waals surface area contributed by atoms with E-state index in [1.54, 1.807) is 0 Å². The van der Waals surface area contributed by atoms with Gasteiger partial charge in [0.1, 0.15) is 13.1 Å². The molecule has 3 saturated heterocycles. The van der Waals surface area contributed by atoms with Crippen LogP contribution in [0.5, 0.6) is 0 Å². The van der Waals surface area contributed by atoms with Crippen LogP contribution in [0, 0.1) is 5.92 Å². The van der Waals surface area contributed by atoms with E-state index in [0.717, 1.165) is 60.4 Å². The Labute approximate surface area is 189 Å².